The number of hydrogen-bond acceptors (Lipinski definition) is 4. The van der Waals surface area contributed by atoms with E-state index in [1.54, 1.807) is 0 Å². The van der Waals surface area contributed by atoms with E-state index in [0.717, 1.165) is 25.0 Å². The first kappa shape index (κ1) is 16.7. The maximum Gasteiger partial charge on any atom is 0.307 e. The molecular formula is C15H17F2NO3S. The number of benzene rings is 1. The summed E-state index contributed by atoms with van der Waals surface area (Å²) in [5.74, 6) is -2.24. The number of nitrogens with one attached hydrogen (secondary N) is 1. The van der Waals surface area contributed by atoms with Crippen LogP contribution in [0.2, 0.25) is 0 Å². The molecule has 1 aromatic carbocycles. The molecule has 2 rings (SSSR count). The van der Waals surface area contributed by atoms with Crippen LogP contribution in [-0.4, -0.2) is 29.8 Å². The van der Waals surface area contributed by atoms with E-state index in [1.807, 2.05) is 0 Å². The predicted molar refractivity (Wildman–Crippen MR) is 78.4 cm³/mol. The summed E-state index contributed by atoms with van der Waals surface area (Å²) < 4.78 is 30.8. The van der Waals surface area contributed by atoms with Crippen LogP contribution in [0.4, 0.5) is 8.78 Å². The zero-order valence-electron chi connectivity index (χ0n) is 12.1. The molecule has 4 nitrogen and oxygen atoms in total. The summed E-state index contributed by atoms with van der Waals surface area (Å²) in [6.45, 7) is 1.53. The highest BCUT2D eigenvalue weighted by Crippen LogP contribution is 2.21. The van der Waals surface area contributed by atoms with Gasteiger partial charge in [0, 0.05) is 16.7 Å². The van der Waals surface area contributed by atoms with E-state index in [2.05, 4.69) is 5.32 Å². The summed E-state index contributed by atoms with van der Waals surface area (Å²) in [4.78, 5) is 23.8. The molecule has 0 heterocycles. The van der Waals surface area contributed by atoms with E-state index in [-0.39, 0.29) is 18.4 Å². The first-order chi connectivity index (χ1) is 10.5. The van der Waals surface area contributed by atoms with E-state index >= 15 is 0 Å². The predicted octanol–water partition coefficient (Wildman–Crippen LogP) is 2.66. The van der Waals surface area contributed by atoms with E-state index < -0.39 is 23.7 Å². The standard InChI is InChI=1S/C15H17F2NO3S/c1-9(15(20)18-10-2-3-10)21-14(19)6-7-22-11-4-5-12(16)13(17)8-11/h4-5,8-10H,2-3,6-7H2,1H3,(H,18,20)/t9-/m0/s1. The Labute approximate surface area is 131 Å². The van der Waals surface area contributed by atoms with Gasteiger partial charge in [0.25, 0.3) is 5.91 Å². The highest BCUT2D eigenvalue weighted by atomic mass is 32.2. The number of carbonyl (C=O) groups excluding carboxylic acids is 2. The highest BCUT2D eigenvalue weighted by molar-refractivity contribution is 7.99. The summed E-state index contributed by atoms with van der Waals surface area (Å²) in [5.41, 5.74) is 0. The molecule has 1 N–H and O–H groups in total. The van der Waals surface area contributed by atoms with Gasteiger partial charge in [-0.15, -0.1) is 11.8 Å². The van der Waals surface area contributed by atoms with Crippen LogP contribution >= 0.6 is 11.8 Å². The number of amides is 1. The Morgan fingerprint density at radius 1 is 1.36 bits per heavy atom. The minimum atomic E-state index is -0.919. The molecule has 0 unspecified atom stereocenters. The molecule has 120 valence electrons. The zero-order valence-corrected chi connectivity index (χ0v) is 12.9. The summed E-state index contributed by atoms with van der Waals surface area (Å²) in [6, 6.07) is 3.79. The fraction of sp³-hybridized carbons (Fsp3) is 0.467. The topological polar surface area (TPSA) is 55.4 Å². The number of ether oxygens (including phenoxy) is 1. The Hall–Kier alpha value is -1.63. The smallest absolute Gasteiger partial charge is 0.307 e. The molecule has 1 saturated carbocycles. The molecule has 0 aliphatic heterocycles. The zero-order chi connectivity index (χ0) is 16.1. The van der Waals surface area contributed by atoms with Crippen LogP contribution in [0.3, 0.4) is 0 Å². The quantitative estimate of drug-likeness (QED) is 0.617. The fourth-order valence-corrected chi connectivity index (χ4v) is 2.53. The van der Waals surface area contributed by atoms with Crippen molar-refractivity contribution in [3.8, 4) is 0 Å². The van der Waals surface area contributed by atoms with Crippen molar-refractivity contribution in [3.63, 3.8) is 0 Å². The second-order valence-corrected chi connectivity index (χ2v) is 6.26. The first-order valence-electron chi connectivity index (χ1n) is 7.03. The maximum absolute atomic E-state index is 13.0. The average Bonchev–Trinajstić information content (AvgIpc) is 3.26. The van der Waals surface area contributed by atoms with Crippen molar-refractivity contribution >= 4 is 23.6 Å². The molecule has 22 heavy (non-hydrogen) atoms. The molecule has 0 saturated heterocycles. The molecule has 1 aliphatic carbocycles. The van der Waals surface area contributed by atoms with Crippen LogP contribution in [0.1, 0.15) is 26.2 Å². The van der Waals surface area contributed by atoms with E-state index in [1.165, 1.54) is 24.8 Å². The lowest BCUT2D eigenvalue weighted by Gasteiger charge is -2.13. The van der Waals surface area contributed by atoms with Crippen molar-refractivity contribution in [2.75, 3.05) is 5.75 Å². The Kier molecular flexibility index (Phi) is 5.76. The van der Waals surface area contributed by atoms with Gasteiger partial charge < -0.3 is 10.1 Å². The monoisotopic (exact) mass is 329 g/mol. The molecule has 0 spiro atoms. The third kappa shape index (κ3) is 5.29. The normalized spacial score (nSPS) is 15.2. The summed E-state index contributed by atoms with van der Waals surface area (Å²) in [6.07, 6.45) is 1.21. The Bertz CT molecular complexity index is 564. The maximum atomic E-state index is 13.0. The summed E-state index contributed by atoms with van der Waals surface area (Å²) in [7, 11) is 0. The fourth-order valence-electron chi connectivity index (χ4n) is 1.67. The van der Waals surface area contributed by atoms with Crippen molar-refractivity contribution in [1.82, 2.24) is 5.32 Å². The van der Waals surface area contributed by atoms with Crippen molar-refractivity contribution in [3.05, 3.63) is 29.8 Å². The van der Waals surface area contributed by atoms with Gasteiger partial charge in [0.1, 0.15) is 0 Å². The summed E-state index contributed by atoms with van der Waals surface area (Å²) >= 11 is 1.22. The molecule has 1 fully saturated rings. The molecular weight excluding hydrogens is 312 g/mol. The summed E-state index contributed by atoms with van der Waals surface area (Å²) in [5, 5.41) is 2.75. The van der Waals surface area contributed by atoms with Gasteiger partial charge in [-0.05, 0) is 38.0 Å². The van der Waals surface area contributed by atoms with Crippen LogP contribution in [0.25, 0.3) is 0 Å². The van der Waals surface area contributed by atoms with Crippen LogP contribution in [0.5, 0.6) is 0 Å². The molecule has 0 bridgehead atoms. The lowest BCUT2D eigenvalue weighted by atomic mass is 10.3. The van der Waals surface area contributed by atoms with Crippen molar-refractivity contribution < 1.29 is 23.1 Å². The molecule has 1 atom stereocenters. The molecule has 0 aromatic heterocycles. The van der Waals surface area contributed by atoms with E-state index in [9.17, 15) is 18.4 Å². The SMILES string of the molecule is C[C@H](OC(=O)CCSc1ccc(F)c(F)c1)C(=O)NC1CC1. The van der Waals surface area contributed by atoms with Crippen LogP contribution < -0.4 is 5.32 Å². The van der Waals surface area contributed by atoms with Gasteiger partial charge >= 0.3 is 5.97 Å². The van der Waals surface area contributed by atoms with Crippen molar-refractivity contribution in [2.24, 2.45) is 0 Å². The molecule has 1 amide bonds. The number of thioether (sulfide) groups is 1. The van der Waals surface area contributed by atoms with Gasteiger partial charge in [-0.25, -0.2) is 8.78 Å². The highest BCUT2D eigenvalue weighted by Gasteiger charge is 2.27. The number of carbonyl (C=O) groups is 2. The molecule has 0 radical (unpaired) electrons. The second kappa shape index (κ2) is 7.58. The first-order valence-corrected chi connectivity index (χ1v) is 8.02. The number of hydrogen-bond donors (Lipinski definition) is 1. The lowest BCUT2D eigenvalue weighted by molar-refractivity contribution is -0.154. The third-order valence-corrected chi connectivity index (χ3v) is 4.06. The van der Waals surface area contributed by atoms with Crippen LogP contribution in [0, 0.1) is 11.6 Å². The minimum Gasteiger partial charge on any atom is -0.453 e. The third-order valence-electron chi connectivity index (χ3n) is 3.07. The minimum absolute atomic E-state index is 0.0880. The van der Waals surface area contributed by atoms with Crippen molar-refractivity contribution in [1.29, 1.82) is 0 Å². The van der Waals surface area contributed by atoms with Gasteiger partial charge in [-0.2, -0.15) is 0 Å². The van der Waals surface area contributed by atoms with E-state index in [0.29, 0.717) is 10.6 Å². The van der Waals surface area contributed by atoms with Gasteiger partial charge in [0.2, 0.25) is 0 Å². The lowest BCUT2D eigenvalue weighted by Crippen LogP contribution is -2.37. The van der Waals surface area contributed by atoms with Crippen LogP contribution in [0.15, 0.2) is 23.1 Å². The Morgan fingerprint density at radius 2 is 2.09 bits per heavy atom. The van der Waals surface area contributed by atoms with E-state index in [4.69, 9.17) is 4.74 Å². The number of esters is 1. The molecule has 7 heteroatoms. The molecule has 1 aliphatic rings. The Morgan fingerprint density at radius 3 is 2.73 bits per heavy atom. The van der Waals surface area contributed by atoms with Gasteiger partial charge in [-0.3, -0.25) is 9.59 Å². The number of halogens is 2. The average molecular weight is 329 g/mol. The second-order valence-electron chi connectivity index (χ2n) is 5.09. The van der Waals surface area contributed by atoms with Crippen molar-refractivity contribution in [2.45, 2.75) is 43.2 Å². The molecule has 1 aromatic rings. The van der Waals surface area contributed by atoms with Gasteiger partial charge in [0.15, 0.2) is 17.7 Å². The Balaban J connectivity index is 1.68. The van der Waals surface area contributed by atoms with Gasteiger partial charge in [-0.1, -0.05) is 0 Å². The van der Waals surface area contributed by atoms with Gasteiger partial charge in [0.05, 0.1) is 6.42 Å². The van der Waals surface area contributed by atoms with Crippen LogP contribution in [-0.2, 0) is 14.3 Å². The number of rotatable bonds is 7. The largest absolute Gasteiger partial charge is 0.453 e.